The van der Waals surface area contributed by atoms with E-state index in [1.54, 1.807) is 45.0 Å². The van der Waals surface area contributed by atoms with Crippen LogP contribution in [-0.2, 0) is 4.74 Å². The van der Waals surface area contributed by atoms with Crippen LogP contribution in [0.15, 0.2) is 30.5 Å². The van der Waals surface area contributed by atoms with Gasteiger partial charge < -0.3 is 10.1 Å². The maximum atomic E-state index is 11.8. The van der Waals surface area contributed by atoms with Gasteiger partial charge in [0.25, 0.3) is 0 Å². The van der Waals surface area contributed by atoms with Crippen LogP contribution in [0.5, 0.6) is 0 Å². The number of benzene rings is 1. The van der Waals surface area contributed by atoms with Gasteiger partial charge in [0.15, 0.2) is 5.82 Å². The second-order valence-electron chi connectivity index (χ2n) is 5.67. The van der Waals surface area contributed by atoms with E-state index in [2.05, 4.69) is 20.6 Å². The lowest BCUT2D eigenvalue weighted by Gasteiger charge is -2.19. The third-order valence-corrected chi connectivity index (χ3v) is 2.94. The van der Waals surface area contributed by atoms with Crippen molar-refractivity contribution in [1.29, 1.82) is 0 Å². The summed E-state index contributed by atoms with van der Waals surface area (Å²) in [6.45, 7) is 9.39. The van der Waals surface area contributed by atoms with Crippen LogP contribution in [0.3, 0.4) is 0 Å². The minimum absolute atomic E-state index is 0.0833. The first kappa shape index (κ1) is 21.0. The molecule has 136 valence electrons. The molecule has 0 aliphatic carbocycles. The molecule has 0 saturated carbocycles. The Balaban J connectivity index is 0.00000151. The summed E-state index contributed by atoms with van der Waals surface area (Å²) in [6.07, 6.45) is 0.875. The lowest BCUT2D eigenvalue weighted by molar-refractivity contribution is 0.0636. The van der Waals surface area contributed by atoms with Gasteiger partial charge in [-0.15, -0.1) is 0 Å². The Labute approximate surface area is 157 Å². The number of aromatic nitrogens is 2. The lowest BCUT2D eigenvalue weighted by Crippen LogP contribution is -2.27. The molecule has 0 saturated heterocycles. The highest BCUT2D eigenvalue weighted by Crippen LogP contribution is 2.25. The predicted molar refractivity (Wildman–Crippen MR) is 103 cm³/mol. The molecule has 8 heteroatoms. The summed E-state index contributed by atoms with van der Waals surface area (Å²) in [6, 6.07) is 7.03. The number of hydrogen-bond acceptors (Lipinski definition) is 5. The number of ether oxygens (including phenoxy) is 1. The molecule has 0 unspecified atom stereocenters. The molecule has 0 fully saturated rings. The fourth-order valence-electron chi connectivity index (χ4n) is 1.67. The lowest BCUT2D eigenvalue weighted by atomic mass is 10.2. The summed E-state index contributed by atoms with van der Waals surface area (Å²) in [7, 11) is 0. The van der Waals surface area contributed by atoms with E-state index in [9.17, 15) is 4.79 Å². The van der Waals surface area contributed by atoms with E-state index in [1.807, 2.05) is 13.8 Å². The molecule has 25 heavy (non-hydrogen) atoms. The fourth-order valence-corrected chi connectivity index (χ4v) is 1.94. The third-order valence-electron chi connectivity index (χ3n) is 2.49. The number of nitrogens with one attached hydrogen (secondary N) is 2. The molecule has 1 amide bonds. The Hall–Kier alpha value is -2.05. The molecule has 2 aromatic rings. The van der Waals surface area contributed by atoms with Gasteiger partial charge in [-0.3, -0.25) is 5.32 Å². The molecule has 1 aromatic carbocycles. The van der Waals surface area contributed by atoms with Gasteiger partial charge >= 0.3 is 6.09 Å². The molecular weight excluding hydrogens is 363 g/mol. The highest BCUT2D eigenvalue weighted by molar-refractivity contribution is 6.33. The Morgan fingerprint density at radius 1 is 1.16 bits per heavy atom. The van der Waals surface area contributed by atoms with Gasteiger partial charge in [0.2, 0.25) is 5.28 Å². The van der Waals surface area contributed by atoms with Crippen LogP contribution in [0.2, 0.25) is 10.3 Å². The first-order chi connectivity index (χ1) is 11.7. The number of hydrogen-bond donors (Lipinski definition) is 2. The molecule has 0 aliphatic heterocycles. The molecule has 0 radical (unpaired) electrons. The molecule has 0 aliphatic rings. The number of amides is 1. The smallest absolute Gasteiger partial charge is 0.412 e. The average Bonchev–Trinajstić information content (AvgIpc) is 2.51. The van der Waals surface area contributed by atoms with Gasteiger partial charge in [-0.1, -0.05) is 31.5 Å². The van der Waals surface area contributed by atoms with Crippen molar-refractivity contribution in [3.63, 3.8) is 0 Å². The van der Waals surface area contributed by atoms with Crippen LogP contribution < -0.4 is 10.6 Å². The third kappa shape index (κ3) is 7.58. The summed E-state index contributed by atoms with van der Waals surface area (Å²) in [5, 5.41) is 6.09. The van der Waals surface area contributed by atoms with E-state index in [0.29, 0.717) is 22.2 Å². The zero-order valence-electron chi connectivity index (χ0n) is 14.9. The largest absolute Gasteiger partial charge is 0.444 e. The molecule has 0 bridgehead atoms. The Morgan fingerprint density at radius 2 is 1.80 bits per heavy atom. The van der Waals surface area contributed by atoms with Crippen LogP contribution >= 0.6 is 23.2 Å². The quantitative estimate of drug-likeness (QED) is 0.644. The molecule has 1 heterocycles. The average molecular weight is 385 g/mol. The van der Waals surface area contributed by atoms with Crippen molar-refractivity contribution >= 4 is 46.5 Å². The molecule has 0 spiro atoms. The van der Waals surface area contributed by atoms with Crippen molar-refractivity contribution < 1.29 is 9.53 Å². The van der Waals surface area contributed by atoms with Gasteiger partial charge in [0, 0.05) is 11.4 Å². The van der Waals surface area contributed by atoms with Gasteiger partial charge in [0.05, 0.1) is 6.20 Å². The first-order valence-electron chi connectivity index (χ1n) is 7.78. The van der Waals surface area contributed by atoms with Crippen molar-refractivity contribution in [2.75, 3.05) is 10.6 Å². The monoisotopic (exact) mass is 384 g/mol. The van der Waals surface area contributed by atoms with E-state index < -0.39 is 11.7 Å². The SMILES string of the molecule is CC.CC(C)(C)OC(=O)Nc1cccc(Nc2nc(Cl)ncc2Cl)c1. The van der Waals surface area contributed by atoms with Crippen molar-refractivity contribution in [1.82, 2.24) is 9.97 Å². The van der Waals surface area contributed by atoms with Crippen molar-refractivity contribution in [2.45, 2.75) is 40.2 Å². The number of carbonyl (C=O) groups excluding carboxylic acids is 1. The molecule has 1 aromatic heterocycles. The summed E-state index contributed by atoms with van der Waals surface area (Å²) in [5.41, 5.74) is 0.682. The Kier molecular flexibility index (Phi) is 7.93. The summed E-state index contributed by atoms with van der Waals surface area (Å²) >= 11 is 11.8. The van der Waals surface area contributed by atoms with Crippen LogP contribution in [0.25, 0.3) is 0 Å². The number of rotatable bonds is 3. The summed E-state index contributed by atoms with van der Waals surface area (Å²) < 4.78 is 5.21. The highest BCUT2D eigenvalue weighted by atomic mass is 35.5. The van der Waals surface area contributed by atoms with Crippen LogP contribution in [0, 0.1) is 0 Å². The molecule has 6 nitrogen and oxygen atoms in total. The predicted octanol–water partition coefficient (Wildman–Crippen LogP) is 5.90. The van der Waals surface area contributed by atoms with Crippen molar-refractivity contribution in [3.05, 3.63) is 40.8 Å². The van der Waals surface area contributed by atoms with Gasteiger partial charge in [-0.2, -0.15) is 4.98 Å². The number of carbonyl (C=O) groups is 1. The van der Waals surface area contributed by atoms with Crippen molar-refractivity contribution in [2.24, 2.45) is 0 Å². The van der Waals surface area contributed by atoms with E-state index in [0.717, 1.165) is 0 Å². The number of nitrogens with zero attached hydrogens (tertiary/aromatic N) is 2. The zero-order chi connectivity index (χ0) is 19.0. The van der Waals surface area contributed by atoms with Gasteiger partial charge in [-0.05, 0) is 50.6 Å². The topological polar surface area (TPSA) is 76.1 Å². The van der Waals surface area contributed by atoms with E-state index in [1.165, 1.54) is 6.20 Å². The maximum absolute atomic E-state index is 11.8. The highest BCUT2D eigenvalue weighted by Gasteiger charge is 2.16. The van der Waals surface area contributed by atoms with Crippen molar-refractivity contribution in [3.8, 4) is 0 Å². The van der Waals surface area contributed by atoms with E-state index in [4.69, 9.17) is 27.9 Å². The number of halogens is 2. The first-order valence-corrected chi connectivity index (χ1v) is 8.54. The maximum Gasteiger partial charge on any atom is 0.412 e. The fraction of sp³-hybridized carbons (Fsp3) is 0.353. The molecular formula is C17H22Cl2N4O2. The van der Waals surface area contributed by atoms with Crippen LogP contribution in [-0.4, -0.2) is 21.7 Å². The summed E-state index contributed by atoms with van der Waals surface area (Å²) in [5.74, 6) is 0.376. The van der Waals surface area contributed by atoms with E-state index in [-0.39, 0.29) is 5.28 Å². The minimum Gasteiger partial charge on any atom is -0.444 e. The minimum atomic E-state index is -0.564. The molecule has 2 rings (SSSR count). The second-order valence-corrected chi connectivity index (χ2v) is 6.41. The Morgan fingerprint density at radius 3 is 2.44 bits per heavy atom. The second kappa shape index (κ2) is 9.44. The standard InChI is InChI=1S/C15H16Cl2N4O2.C2H6/c1-15(2,3)23-14(22)20-10-6-4-5-9(7-10)19-12-11(16)8-18-13(17)21-12;1-2/h4-8H,1-3H3,(H,20,22)(H,18,19,21);1-2H3. The van der Waals surface area contributed by atoms with Crippen LogP contribution in [0.4, 0.5) is 22.0 Å². The van der Waals surface area contributed by atoms with Gasteiger partial charge in [-0.25, -0.2) is 9.78 Å². The van der Waals surface area contributed by atoms with E-state index >= 15 is 0 Å². The number of anilines is 3. The van der Waals surface area contributed by atoms with Gasteiger partial charge in [0.1, 0.15) is 10.6 Å². The molecule has 2 N–H and O–H groups in total. The van der Waals surface area contributed by atoms with Crippen LogP contribution in [0.1, 0.15) is 34.6 Å². The zero-order valence-corrected chi connectivity index (χ0v) is 16.4. The Bertz CT molecular complexity index is 718. The molecule has 0 atom stereocenters. The summed E-state index contributed by atoms with van der Waals surface area (Å²) in [4.78, 5) is 19.6. The normalized spacial score (nSPS) is 10.4.